The van der Waals surface area contributed by atoms with Crippen molar-refractivity contribution < 1.29 is 9.53 Å². The number of ether oxygens (including phenoxy) is 1. The third-order valence-electron chi connectivity index (χ3n) is 3.37. The molecule has 2 heterocycles. The predicted molar refractivity (Wildman–Crippen MR) is 78.9 cm³/mol. The molecule has 0 aromatic carbocycles. The first kappa shape index (κ1) is 14.8. The molecule has 1 aromatic heterocycles. The number of rotatable bonds is 7. The van der Waals surface area contributed by atoms with Gasteiger partial charge in [-0.15, -0.1) is 0 Å². The molecule has 1 aliphatic rings. The molecule has 2 N–H and O–H groups in total. The van der Waals surface area contributed by atoms with Gasteiger partial charge in [0.15, 0.2) is 0 Å². The van der Waals surface area contributed by atoms with E-state index in [1.54, 1.807) is 12.3 Å². The zero-order chi connectivity index (χ0) is 14.2. The first-order valence-electron chi connectivity index (χ1n) is 7.39. The van der Waals surface area contributed by atoms with Crippen LogP contribution in [0.5, 0.6) is 0 Å². The number of carbonyl (C=O) groups is 1. The number of nitrogens with one attached hydrogen (secondary N) is 2. The molecule has 0 spiro atoms. The van der Waals surface area contributed by atoms with Gasteiger partial charge >= 0.3 is 0 Å². The number of hydrogen-bond donors (Lipinski definition) is 2. The fraction of sp³-hybridized carbons (Fsp3) is 0.600. The Morgan fingerprint density at radius 3 is 3.05 bits per heavy atom. The lowest BCUT2D eigenvalue weighted by Gasteiger charge is -2.10. The number of carbonyl (C=O) groups excluding carboxylic acids is 1. The van der Waals surface area contributed by atoms with E-state index in [0.717, 1.165) is 44.5 Å². The van der Waals surface area contributed by atoms with E-state index in [1.165, 1.54) is 0 Å². The Balaban J connectivity index is 1.77. The van der Waals surface area contributed by atoms with Crippen molar-refractivity contribution in [3.05, 3.63) is 24.0 Å². The van der Waals surface area contributed by atoms with Crippen molar-refractivity contribution in [1.29, 1.82) is 0 Å². The maximum Gasteiger partial charge on any atom is 0.269 e. The molecule has 0 radical (unpaired) electrons. The normalized spacial score (nSPS) is 17.9. The summed E-state index contributed by atoms with van der Waals surface area (Å²) in [5, 5.41) is 6.14. The van der Waals surface area contributed by atoms with E-state index < -0.39 is 0 Å². The van der Waals surface area contributed by atoms with Gasteiger partial charge in [-0.3, -0.25) is 4.79 Å². The van der Waals surface area contributed by atoms with Crippen molar-refractivity contribution in [3.63, 3.8) is 0 Å². The highest BCUT2D eigenvalue weighted by Gasteiger charge is 2.16. The van der Waals surface area contributed by atoms with Crippen LogP contribution in [0.3, 0.4) is 0 Å². The van der Waals surface area contributed by atoms with Gasteiger partial charge < -0.3 is 15.4 Å². The minimum Gasteiger partial charge on any atom is -0.384 e. The standard InChI is InChI=1S/C15H23N3O2/c1-2-3-8-16-12-6-7-14(17-10-12)15(19)18-11-13-5-4-9-20-13/h6-7,10,13,16H,2-5,8-9,11H2,1H3,(H,18,19). The van der Waals surface area contributed by atoms with Gasteiger partial charge in [-0.05, 0) is 31.4 Å². The SMILES string of the molecule is CCCCNc1ccc(C(=O)NCC2CCCO2)nc1. The Morgan fingerprint density at radius 2 is 2.40 bits per heavy atom. The number of nitrogens with zero attached hydrogens (tertiary/aromatic N) is 1. The Hall–Kier alpha value is -1.62. The maximum absolute atomic E-state index is 11.9. The lowest BCUT2D eigenvalue weighted by atomic mass is 10.2. The van der Waals surface area contributed by atoms with E-state index in [1.807, 2.05) is 6.07 Å². The molecule has 1 aliphatic heterocycles. The van der Waals surface area contributed by atoms with Gasteiger partial charge in [0.25, 0.3) is 5.91 Å². The Kier molecular flexibility index (Phi) is 5.80. The highest BCUT2D eigenvalue weighted by Crippen LogP contribution is 2.11. The summed E-state index contributed by atoms with van der Waals surface area (Å²) in [5.41, 5.74) is 1.40. The molecule has 2 rings (SSSR count). The van der Waals surface area contributed by atoms with E-state index in [2.05, 4.69) is 22.5 Å². The van der Waals surface area contributed by atoms with Crippen LogP contribution in [0.2, 0.25) is 0 Å². The summed E-state index contributed by atoms with van der Waals surface area (Å²) in [7, 11) is 0. The Bertz CT molecular complexity index is 414. The van der Waals surface area contributed by atoms with Crippen molar-refractivity contribution in [1.82, 2.24) is 10.3 Å². The highest BCUT2D eigenvalue weighted by atomic mass is 16.5. The number of hydrogen-bond acceptors (Lipinski definition) is 4. The van der Waals surface area contributed by atoms with Gasteiger partial charge in [-0.25, -0.2) is 4.98 Å². The van der Waals surface area contributed by atoms with Gasteiger partial charge in [-0.2, -0.15) is 0 Å². The van der Waals surface area contributed by atoms with Crippen LogP contribution in [0.1, 0.15) is 43.1 Å². The van der Waals surface area contributed by atoms with Crippen molar-refractivity contribution in [2.75, 3.05) is 25.0 Å². The lowest BCUT2D eigenvalue weighted by molar-refractivity contribution is 0.0854. The van der Waals surface area contributed by atoms with Crippen molar-refractivity contribution in [2.45, 2.75) is 38.7 Å². The van der Waals surface area contributed by atoms with Gasteiger partial charge in [0, 0.05) is 19.7 Å². The second-order valence-electron chi connectivity index (χ2n) is 5.06. The van der Waals surface area contributed by atoms with Gasteiger partial charge in [-0.1, -0.05) is 13.3 Å². The molecule has 0 saturated carbocycles. The van der Waals surface area contributed by atoms with E-state index in [4.69, 9.17) is 4.74 Å². The van der Waals surface area contributed by atoms with Crippen LogP contribution in [-0.2, 0) is 4.74 Å². The third kappa shape index (κ3) is 4.49. The molecule has 5 heteroatoms. The molecule has 1 unspecified atom stereocenters. The maximum atomic E-state index is 11.9. The first-order valence-corrected chi connectivity index (χ1v) is 7.39. The topological polar surface area (TPSA) is 63.2 Å². The summed E-state index contributed by atoms with van der Waals surface area (Å²) in [6, 6.07) is 3.64. The first-order chi connectivity index (χ1) is 9.79. The number of anilines is 1. The smallest absolute Gasteiger partial charge is 0.269 e. The zero-order valence-electron chi connectivity index (χ0n) is 12.0. The second kappa shape index (κ2) is 7.85. The minimum absolute atomic E-state index is 0.138. The van der Waals surface area contributed by atoms with E-state index in [9.17, 15) is 4.79 Å². The van der Waals surface area contributed by atoms with E-state index in [0.29, 0.717) is 12.2 Å². The van der Waals surface area contributed by atoms with Crippen LogP contribution in [0.15, 0.2) is 18.3 Å². The van der Waals surface area contributed by atoms with Crippen molar-refractivity contribution in [3.8, 4) is 0 Å². The van der Waals surface area contributed by atoms with Crippen LogP contribution in [0, 0.1) is 0 Å². The molecule has 1 aromatic rings. The van der Waals surface area contributed by atoms with Crippen molar-refractivity contribution >= 4 is 11.6 Å². The van der Waals surface area contributed by atoms with Gasteiger partial charge in [0.1, 0.15) is 5.69 Å². The van der Waals surface area contributed by atoms with Crippen molar-refractivity contribution in [2.24, 2.45) is 0 Å². The second-order valence-corrected chi connectivity index (χ2v) is 5.06. The van der Waals surface area contributed by atoms with Crippen LogP contribution in [-0.4, -0.2) is 36.7 Å². The summed E-state index contributed by atoms with van der Waals surface area (Å²) < 4.78 is 5.47. The number of pyridine rings is 1. The third-order valence-corrected chi connectivity index (χ3v) is 3.37. The van der Waals surface area contributed by atoms with E-state index in [-0.39, 0.29) is 12.0 Å². The molecule has 1 fully saturated rings. The molecule has 1 atom stereocenters. The molecule has 20 heavy (non-hydrogen) atoms. The molecule has 110 valence electrons. The molecule has 0 bridgehead atoms. The summed E-state index contributed by atoms with van der Waals surface area (Å²) in [5.74, 6) is -0.138. The molecular weight excluding hydrogens is 254 g/mol. The fourth-order valence-corrected chi connectivity index (χ4v) is 2.14. The largest absolute Gasteiger partial charge is 0.384 e. The average molecular weight is 277 g/mol. The Morgan fingerprint density at radius 1 is 1.50 bits per heavy atom. The summed E-state index contributed by atoms with van der Waals surface area (Å²) in [6.07, 6.45) is 6.25. The molecule has 5 nitrogen and oxygen atoms in total. The summed E-state index contributed by atoms with van der Waals surface area (Å²) in [4.78, 5) is 16.1. The molecule has 1 saturated heterocycles. The van der Waals surface area contributed by atoms with Crippen LogP contribution in [0.25, 0.3) is 0 Å². The lowest BCUT2D eigenvalue weighted by Crippen LogP contribution is -2.32. The quantitative estimate of drug-likeness (QED) is 0.750. The van der Waals surface area contributed by atoms with Crippen LogP contribution >= 0.6 is 0 Å². The number of amides is 1. The van der Waals surface area contributed by atoms with Crippen LogP contribution < -0.4 is 10.6 Å². The highest BCUT2D eigenvalue weighted by molar-refractivity contribution is 5.92. The van der Waals surface area contributed by atoms with Gasteiger partial charge in [0.05, 0.1) is 18.0 Å². The fourth-order valence-electron chi connectivity index (χ4n) is 2.14. The average Bonchev–Trinajstić information content (AvgIpc) is 2.99. The van der Waals surface area contributed by atoms with Crippen LogP contribution in [0.4, 0.5) is 5.69 Å². The number of unbranched alkanes of at least 4 members (excludes halogenated alkanes) is 1. The number of aromatic nitrogens is 1. The van der Waals surface area contributed by atoms with E-state index >= 15 is 0 Å². The molecular formula is C15H23N3O2. The predicted octanol–water partition coefficient (Wildman–Crippen LogP) is 2.20. The zero-order valence-corrected chi connectivity index (χ0v) is 12.0. The summed E-state index contributed by atoms with van der Waals surface area (Å²) >= 11 is 0. The summed E-state index contributed by atoms with van der Waals surface area (Å²) in [6.45, 7) is 4.46. The molecule has 0 aliphatic carbocycles. The monoisotopic (exact) mass is 277 g/mol. The molecule has 1 amide bonds. The Labute approximate surface area is 120 Å². The minimum atomic E-state index is -0.138. The van der Waals surface area contributed by atoms with Gasteiger partial charge in [0.2, 0.25) is 0 Å².